The van der Waals surface area contributed by atoms with Gasteiger partial charge in [0, 0.05) is 22.3 Å². The highest BCUT2D eigenvalue weighted by atomic mass is 16.1. The summed E-state index contributed by atoms with van der Waals surface area (Å²) in [6, 6.07) is 30.3. The van der Waals surface area contributed by atoms with E-state index in [1.807, 2.05) is 105 Å². The van der Waals surface area contributed by atoms with Crippen molar-refractivity contribution in [2.24, 2.45) is 0 Å². The van der Waals surface area contributed by atoms with Crippen molar-refractivity contribution in [2.45, 2.75) is 13.8 Å². The van der Waals surface area contributed by atoms with E-state index in [1.54, 1.807) is 6.07 Å². The van der Waals surface area contributed by atoms with Gasteiger partial charge < -0.3 is 0 Å². The maximum Gasteiger partial charge on any atom is 0.194 e. The van der Waals surface area contributed by atoms with Gasteiger partial charge >= 0.3 is 0 Å². The lowest BCUT2D eigenvalue weighted by molar-refractivity contribution is 0.100. The van der Waals surface area contributed by atoms with Gasteiger partial charge in [0.2, 0.25) is 0 Å². The van der Waals surface area contributed by atoms with Crippen molar-refractivity contribution in [3.8, 4) is 11.1 Å². The highest BCUT2D eigenvalue weighted by molar-refractivity contribution is 6.22. The number of ketones is 2. The summed E-state index contributed by atoms with van der Waals surface area (Å²) in [6.07, 6.45) is 0. The van der Waals surface area contributed by atoms with Crippen LogP contribution < -0.4 is 0 Å². The zero-order valence-corrected chi connectivity index (χ0v) is 17.1. The van der Waals surface area contributed by atoms with Gasteiger partial charge in [-0.2, -0.15) is 0 Å². The van der Waals surface area contributed by atoms with Gasteiger partial charge in [-0.05, 0) is 36.1 Å². The number of hydrogen-bond acceptors (Lipinski definition) is 2. The van der Waals surface area contributed by atoms with Crippen LogP contribution in [-0.4, -0.2) is 11.6 Å². The van der Waals surface area contributed by atoms with Crippen LogP contribution in [0.15, 0.2) is 97.1 Å². The van der Waals surface area contributed by atoms with E-state index < -0.39 is 0 Å². The monoisotopic (exact) mass is 390 g/mol. The minimum absolute atomic E-state index is 0.135. The molecule has 0 aliphatic carbocycles. The standard InChI is InChI=1S/C28H22O2/c1-19-11-6-8-15-22(19)27(29)25-18-10-17-24(21-13-4-3-5-14-21)26(25)28(30)23-16-9-7-12-20(23)2/h3-18H,1-2H3. The first-order chi connectivity index (χ1) is 14.6. The van der Waals surface area contributed by atoms with Crippen LogP contribution in [0.2, 0.25) is 0 Å². The molecule has 4 rings (SSSR count). The van der Waals surface area contributed by atoms with E-state index in [1.165, 1.54) is 0 Å². The summed E-state index contributed by atoms with van der Waals surface area (Å²) in [4.78, 5) is 27.3. The molecule has 0 saturated heterocycles. The fourth-order valence-electron chi connectivity index (χ4n) is 3.78. The molecule has 2 nitrogen and oxygen atoms in total. The number of hydrogen-bond donors (Lipinski definition) is 0. The minimum Gasteiger partial charge on any atom is -0.289 e. The average Bonchev–Trinajstić information content (AvgIpc) is 2.79. The van der Waals surface area contributed by atoms with Crippen molar-refractivity contribution >= 4 is 11.6 Å². The largest absolute Gasteiger partial charge is 0.289 e. The zero-order chi connectivity index (χ0) is 21.1. The third-order valence-electron chi connectivity index (χ3n) is 5.40. The van der Waals surface area contributed by atoms with E-state index in [4.69, 9.17) is 0 Å². The molecule has 0 aliphatic heterocycles. The van der Waals surface area contributed by atoms with Gasteiger partial charge in [0.25, 0.3) is 0 Å². The topological polar surface area (TPSA) is 34.1 Å². The second-order valence-corrected chi connectivity index (χ2v) is 7.38. The molecule has 2 heteroatoms. The van der Waals surface area contributed by atoms with E-state index >= 15 is 0 Å². The molecule has 0 bridgehead atoms. The fraction of sp³-hybridized carbons (Fsp3) is 0.0714. The summed E-state index contributed by atoms with van der Waals surface area (Å²) in [7, 11) is 0. The van der Waals surface area contributed by atoms with Crippen molar-refractivity contribution in [2.75, 3.05) is 0 Å². The Hall–Kier alpha value is -3.78. The molecular formula is C28H22O2. The highest BCUT2D eigenvalue weighted by Gasteiger charge is 2.24. The predicted molar refractivity (Wildman–Crippen MR) is 121 cm³/mol. The minimum atomic E-state index is -0.136. The van der Waals surface area contributed by atoms with Crippen LogP contribution in [0.1, 0.15) is 43.0 Å². The first-order valence-corrected chi connectivity index (χ1v) is 9.97. The normalized spacial score (nSPS) is 10.6. The molecule has 0 fully saturated rings. The van der Waals surface area contributed by atoms with E-state index in [0.29, 0.717) is 22.3 Å². The van der Waals surface area contributed by atoms with Crippen molar-refractivity contribution in [3.05, 3.63) is 130 Å². The maximum atomic E-state index is 13.8. The van der Waals surface area contributed by atoms with Crippen molar-refractivity contribution < 1.29 is 9.59 Å². The van der Waals surface area contributed by atoms with Crippen LogP contribution in [-0.2, 0) is 0 Å². The molecule has 0 amide bonds. The van der Waals surface area contributed by atoms with Gasteiger partial charge in [0.15, 0.2) is 11.6 Å². The highest BCUT2D eigenvalue weighted by Crippen LogP contribution is 2.31. The van der Waals surface area contributed by atoms with Crippen molar-refractivity contribution in [3.63, 3.8) is 0 Å². The molecule has 4 aromatic carbocycles. The third-order valence-corrected chi connectivity index (χ3v) is 5.40. The van der Waals surface area contributed by atoms with Crippen LogP contribution in [0.4, 0.5) is 0 Å². The first-order valence-electron chi connectivity index (χ1n) is 9.97. The predicted octanol–water partition coefficient (Wildman–Crippen LogP) is 6.43. The van der Waals surface area contributed by atoms with Gasteiger partial charge in [0.05, 0.1) is 0 Å². The van der Waals surface area contributed by atoms with Crippen LogP contribution in [0, 0.1) is 13.8 Å². The van der Waals surface area contributed by atoms with Gasteiger partial charge in [-0.3, -0.25) is 9.59 Å². The Kier molecular flexibility index (Phi) is 5.40. The number of carbonyl (C=O) groups excluding carboxylic acids is 2. The SMILES string of the molecule is Cc1ccccc1C(=O)c1cccc(-c2ccccc2)c1C(=O)c1ccccc1C. The molecule has 0 spiro atoms. The summed E-state index contributed by atoms with van der Waals surface area (Å²) in [6.45, 7) is 3.83. The smallest absolute Gasteiger partial charge is 0.194 e. The van der Waals surface area contributed by atoms with Crippen LogP contribution in [0.25, 0.3) is 11.1 Å². The Balaban J connectivity index is 1.98. The van der Waals surface area contributed by atoms with E-state index in [-0.39, 0.29) is 11.6 Å². The molecule has 0 N–H and O–H groups in total. The van der Waals surface area contributed by atoms with E-state index in [2.05, 4.69) is 0 Å². The van der Waals surface area contributed by atoms with E-state index in [9.17, 15) is 9.59 Å². The van der Waals surface area contributed by atoms with Gasteiger partial charge in [-0.1, -0.05) is 97.1 Å². The van der Waals surface area contributed by atoms with Crippen LogP contribution in [0.3, 0.4) is 0 Å². The Labute approximate surface area is 176 Å². The summed E-state index contributed by atoms with van der Waals surface area (Å²) >= 11 is 0. The summed E-state index contributed by atoms with van der Waals surface area (Å²) in [5.41, 5.74) is 5.56. The first kappa shape index (κ1) is 19.5. The Morgan fingerprint density at radius 2 is 1.00 bits per heavy atom. The molecule has 0 saturated carbocycles. The second kappa shape index (κ2) is 8.30. The molecule has 4 aromatic rings. The zero-order valence-electron chi connectivity index (χ0n) is 17.1. The van der Waals surface area contributed by atoms with Gasteiger partial charge in [0.1, 0.15) is 0 Å². The second-order valence-electron chi connectivity index (χ2n) is 7.38. The lowest BCUT2D eigenvalue weighted by Gasteiger charge is -2.16. The summed E-state index contributed by atoms with van der Waals surface area (Å²) in [5.74, 6) is -0.271. The van der Waals surface area contributed by atoms with Gasteiger partial charge in [-0.15, -0.1) is 0 Å². The van der Waals surface area contributed by atoms with Gasteiger partial charge in [-0.25, -0.2) is 0 Å². The van der Waals surface area contributed by atoms with Crippen molar-refractivity contribution in [1.82, 2.24) is 0 Å². The number of rotatable bonds is 5. The third kappa shape index (κ3) is 3.60. The Morgan fingerprint density at radius 1 is 0.500 bits per heavy atom. The lowest BCUT2D eigenvalue weighted by atomic mass is 9.85. The molecule has 0 atom stereocenters. The molecule has 0 heterocycles. The molecule has 0 aromatic heterocycles. The van der Waals surface area contributed by atoms with Crippen LogP contribution >= 0.6 is 0 Å². The fourth-order valence-corrected chi connectivity index (χ4v) is 3.78. The number of aryl methyl sites for hydroxylation is 2. The maximum absolute atomic E-state index is 13.8. The number of benzene rings is 4. The average molecular weight is 390 g/mol. The Bertz CT molecular complexity index is 1240. The number of carbonyl (C=O) groups is 2. The Morgan fingerprint density at radius 3 is 1.60 bits per heavy atom. The molecule has 0 unspecified atom stereocenters. The van der Waals surface area contributed by atoms with Crippen LogP contribution in [0.5, 0.6) is 0 Å². The summed E-state index contributed by atoms with van der Waals surface area (Å²) < 4.78 is 0. The lowest BCUT2D eigenvalue weighted by Crippen LogP contribution is -2.14. The molecule has 30 heavy (non-hydrogen) atoms. The molecule has 0 aliphatic rings. The van der Waals surface area contributed by atoms with E-state index in [0.717, 1.165) is 22.3 Å². The molecule has 0 radical (unpaired) electrons. The molecule has 146 valence electrons. The summed E-state index contributed by atoms with van der Waals surface area (Å²) in [5, 5.41) is 0. The van der Waals surface area contributed by atoms with Crippen molar-refractivity contribution in [1.29, 1.82) is 0 Å². The quantitative estimate of drug-likeness (QED) is 0.368. The molecular weight excluding hydrogens is 368 g/mol.